The molecule has 29 heavy (non-hydrogen) atoms. The Labute approximate surface area is 174 Å². The lowest BCUT2D eigenvalue weighted by Crippen LogP contribution is -2.03. The fraction of sp³-hybridized carbons (Fsp3) is 0.167. The summed E-state index contributed by atoms with van der Waals surface area (Å²) in [5.41, 5.74) is 6.27. The van der Waals surface area contributed by atoms with Crippen LogP contribution in [0.15, 0.2) is 71.9 Å². The molecule has 0 bridgehead atoms. The van der Waals surface area contributed by atoms with Crippen molar-refractivity contribution in [3.05, 3.63) is 94.8 Å². The van der Waals surface area contributed by atoms with E-state index in [1.54, 1.807) is 23.9 Å². The van der Waals surface area contributed by atoms with Crippen LogP contribution in [0.2, 0.25) is 0 Å². The number of nitrogens with zero attached hydrogens (tertiary/aromatic N) is 3. The molecule has 0 spiro atoms. The van der Waals surface area contributed by atoms with E-state index in [9.17, 15) is 4.39 Å². The van der Waals surface area contributed by atoms with Gasteiger partial charge >= 0.3 is 0 Å². The SMILES string of the molecule is Cc1ccc(CSc2nnc(-c3ccccc3F)n2-c2ccccc2C)cc1C. The van der Waals surface area contributed by atoms with Crippen LogP contribution in [0.25, 0.3) is 17.1 Å². The maximum absolute atomic E-state index is 14.5. The Balaban J connectivity index is 1.77. The maximum Gasteiger partial charge on any atom is 0.196 e. The number of aryl methyl sites for hydroxylation is 3. The minimum absolute atomic E-state index is 0.305. The second-order valence-corrected chi connectivity index (χ2v) is 8.06. The molecule has 0 unspecified atom stereocenters. The third-order valence-corrected chi connectivity index (χ3v) is 6.04. The number of halogens is 1. The Morgan fingerprint density at radius 1 is 0.828 bits per heavy atom. The van der Waals surface area contributed by atoms with Gasteiger partial charge in [0, 0.05) is 5.75 Å². The van der Waals surface area contributed by atoms with Gasteiger partial charge in [-0.2, -0.15) is 0 Å². The zero-order valence-electron chi connectivity index (χ0n) is 16.7. The summed E-state index contributed by atoms with van der Waals surface area (Å²) in [6.07, 6.45) is 0. The van der Waals surface area contributed by atoms with E-state index >= 15 is 0 Å². The molecular formula is C24H22FN3S. The predicted octanol–water partition coefficient (Wildman–Crippen LogP) is 6.29. The van der Waals surface area contributed by atoms with Gasteiger partial charge in [-0.05, 0) is 61.2 Å². The molecule has 4 rings (SSSR count). The highest BCUT2D eigenvalue weighted by Gasteiger charge is 2.19. The predicted molar refractivity (Wildman–Crippen MR) is 117 cm³/mol. The second-order valence-electron chi connectivity index (χ2n) is 7.12. The Kier molecular flexibility index (Phi) is 5.49. The summed E-state index contributed by atoms with van der Waals surface area (Å²) in [5.74, 6) is 0.975. The summed E-state index contributed by atoms with van der Waals surface area (Å²) in [7, 11) is 0. The zero-order chi connectivity index (χ0) is 20.4. The van der Waals surface area contributed by atoms with E-state index in [0.717, 1.165) is 22.2 Å². The van der Waals surface area contributed by atoms with Gasteiger partial charge in [-0.3, -0.25) is 4.57 Å². The number of hydrogen-bond acceptors (Lipinski definition) is 3. The number of rotatable bonds is 5. The van der Waals surface area contributed by atoms with E-state index in [4.69, 9.17) is 0 Å². The highest BCUT2D eigenvalue weighted by Crippen LogP contribution is 2.32. The van der Waals surface area contributed by atoms with Crippen molar-refractivity contribution in [2.24, 2.45) is 0 Å². The average molecular weight is 404 g/mol. The van der Waals surface area contributed by atoms with Crippen LogP contribution in [0, 0.1) is 26.6 Å². The van der Waals surface area contributed by atoms with Crippen LogP contribution < -0.4 is 0 Å². The second kappa shape index (κ2) is 8.21. The summed E-state index contributed by atoms with van der Waals surface area (Å²) in [4.78, 5) is 0. The molecule has 146 valence electrons. The first-order valence-electron chi connectivity index (χ1n) is 9.50. The van der Waals surface area contributed by atoms with E-state index in [-0.39, 0.29) is 5.82 Å². The summed E-state index contributed by atoms with van der Waals surface area (Å²) in [6, 6.07) is 21.2. The molecular weight excluding hydrogens is 381 g/mol. The quantitative estimate of drug-likeness (QED) is 0.367. The van der Waals surface area contributed by atoms with E-state index < -0.39 is 0 Å². The molecule has 0 amide bonds. The average Bonchev–Trinajstić information content (AvgIpc) is 3.13. The fourth-order valence-corrected chi connectivity index (χ4v) is 4.14. The van der Waals surface area contributed by atoms with Gasteiger partial charge in [-0.25, -0.2) is 4.39 Å². The van der Waals surface area contributed by atoms with Crippen molar-refractivity contribution in [3.8, 4) is 17.1 Å². The van der Waals surface area contributed by atoms with Crippen molar-refractivity contribution >= 4 is 11.8 Å². The molecule has 4 aromatic rings. The number of aromatic nitrogens is 3. The van der Waals surface area contributed by atoms with E-state index in [1.807, 2.05) is 41.8 Å². The number of thioether (sulfide) groups is 1. The van der Waals surface area contributed by atoms with Crippen molar-refractivity contribution in [1.29, 1.82) is 0 Å². The van der Waals surface area contributed by atoms with E-state index in [2.05, 4.69) is 42.2 Å². The van der Waals surface area contributed by atoms with Gasteiger partial charge in [-0.1, -0.05) is 60.3 Å². The Hall–Kier alpha value is -2.92. The monoisotopic (exact) mass is 403 g/mol. The van der Waals surface area contributed by atoms with Crippen molar-refractivity contribution in [3.63, 3.8) is 0 Å². The van der Waals surface area contributed by atoms with Crippen molar-refractivity contribution in [2.75, 3.05) is 0 Å². The van der Waals surface area contributed by atoms with Crippen LogP contribution in [0.1, 0.15) is 22.3 Å². The Morgan fingerprint density at radius 2 is 1.59 bits per heavy atom. The molecule has 3 aromatic carbocycles. The largest absolute Gasteiger partial charge is 0.270 e. The summed E-state index contributed by atoms with van der Waals surface area (Å²) < 4.78 is 16.5. The lowest BCUT2D eigenvalue weighted by Gasteiger charge is -2.13. The van der Waals surface area contributed by atoms with Gasteiger partial charge in [0.15, 0.2) is 11.0 Å². The van der Waals surface area contributed by atoms with Crippen molar-refractivity contribution in [2.45, 2.75) is 31.7 Å². The molecule has 1 aromatic heterocycles. The van der Waals surface area contributed by atoms with Gasteiger partial charge < -0.3 is 0 Å². The third-order valence-electron chi connectivity index (χ3n) is 5.04. The molecule has 0 saturated heterocycles. The van der Waals surface area contributed by atoms with Gasteiger partial charge in [0.2, 0.25) is 0 Å². The first-order chi connectivity index (χ1) is 14.0. The molecule has 0 saturated carbocycles. The highest BCUT2D eigenvalue weighted by atomic mass is 32.2. The van der Waals surface area contributed by atoms with E-state index in [0.29, 0.717) is 11.4 Å². The molecule has 0 fully saturated rings. The maximum atomic E-state index is 14.5. The smallest absolute Gasteiger partial charge is 0.196 e. The van der Waals surface area contributed by atoms with E-state index in [1.165, 1.54) is 22.8 Å². The molecule has 0 aliphatic carbocycles. The summed E-state index contributed by atoms with van der Waals surface area (Å²) >= 11 is 1.61. The standard InChI is InChI=1S/C24H22FN3S/c1-16-12-13-19(14-18(16)3)15-29-24-27-26-23(20-9-5-6-10-21(20)25)28(24)22-11-7-4-8-17(22)2/h4-14H,15H2,1-3H3. The Morgan fingerprint density at radius 3 is 2.34 bits per heavy atom. The molecule has 0 N–H and O–H groups in total. The number of benzene rings is 3. The molecule has 5 heteroatoms. The molecule has 0 atom stereocenters. The normalized spacial score (nSPS) is 11.0. The molecule has 3 nitrogen and oxygen atoms in total. The van der Waals surface area contributed by atoms with Gasteiger partial charge in [0.25, 0.3) is 0 Å². The van der Waals surface area contributed by atoms with Crippen LogP contribution >= 0.6 is 11.8 Å². The topological polar surface area (TPSA) is 30.7 Å². The summed E-state index contributed by atoms with van der Waals surface area (Å²) in [5, 5.41) is 9.52. The minimum atomic E-state index is -0.305. The van der Waals surface area contributed by atoms with Crippen molar-refractivity contribution < 1.29 is 4.39 Å². The van der Waals surface area contributed by atoms with Gasteiger partial charge in [0.1, 0.15) is 5.82 Å². The van der Waals surface area contributed by atoms with Crippen LogP contribution in [0.4, 0.5) is 4.39 Å². The third kappa shape index (κ3) is 3.96. The first-order valence-corrected chi connectivity index (χ1v) is 10.5. The van der Waals surface area contributed by atoms with Gasteiger partial charge in [-0.15, -0.1) is 10.2 Å². The molecule has 1 heterocycles. The minimum Gasteiger partial charge on any atom is -0.270 e. The molecule has 0 aliphatic heterocycles. The Bertz CT molecular complexity index is 1170. The van der Waals surface area contributed by atoms with Crippen LogP contribution in [0.5, 0.6) is 0 Å². The fourth-order valence-electron chi connectivity index (χ4n) is 3.25. The molecule has 0 radical (unpaired) electrons. The highest BCUT2D eigenvalue weighted by molar-refractivity contribution is 7.98. The lowest BCUT2D eigenvalue weighted by atomic mass is 10.1. The zero-order valence-corrected chi connectivity index (χ0v) is 17.5. The number of para-hydroxylation sites is 1. The van der Waals surface area contributed by atoms with Crippen LogP contribution in [0.3, 0.4) is 0 Å². The van der Waals surface area contributed by atoms with Crippen molar-refractivity contribution in [1.82, 2.24) is 14.8 Å². The first kappa shape index (κ1) is 19.4. The number of hydrogen-bond donors (Lipinski definition) is 0. The van der Waals surface area contributed by atoms with Gasteiger partial charge in [0.05, 0.1) is 11.3 Å². The van der Waals surface area contributed by atoms with Crippen LogP contribution in [-0.4, -0.2) is 14.8 Å². The summed E-state index contributed by atoms with van der Waals surface area (Å²) in [6.45, 7) is 6.27. The van der Waals surface area contributed by atoms with Crippen LogP contribution in [-0.2, 0) is 5.75 Å². The molecule has 0 aliphatic rings. The lowest BCUT2D eigenvalue weighted by molar-refractivity contribution is 0.629.